The van der Waals surface area contributed by atoms with Gasteiger partial charge >= 0.3 is 0 Å². The van der Waals surface area contributed by atoms with Crippen LogP contribution in [0.4, 0.5) is 10.2 Å². The molecule has 3 heterocycles. The molecule has 3 aromatic rings. The Kier molecular flexibility index (Phi) is 6.79. The Hall–Kier alpha value is -3.27. The summed E-state index contributed by atoms with van der Waals surface area (Å²) < 4.78 is 20.5. The number of H-pyrrole nitrogens is 2. The van der Waals surface area contributed by atoms with Gasteiger partial charge in [0.1, 0.15) is 11.7 Å². The van der Waals surface area contributed by atoms with Gasteiger partial charge < -0.3 is 19.9 Å². The van der Waals surface area contributed by atoms with Gasteiger partial charge in [0.25, 0.3) is 0 Å². The fourth-order valence-corrected chi connectivity index (χ4v) is 4.36. The number of ether oxygens (including phenoxy) is 1. The summed E-state index contributed by atoms with van der Waals surface area (Å²) in [5.74, 6) is 3.66. The minimum atomic E-state index is -0.391. The van der Waals surface area contributed by atoms with E-state index in [0.29, 0.717) is 22.9 Å². The Balaban J connectivity index is 1.54. The first-order valence-corrected chi connectivity index (χ1v) is 11.4. The lowest BCUT2D eigenvalue weighted by molar-refractivity contribution is 0.312. The lowest BCUT2D eigenvalue weighted by Crippen LogP contribution is -2.37. The number of amidine groups is 1. The van der Waals surface area contributed by atoms with Gasteiger partial charge in [-0.1, -0.05) is 0 Å². The zero-order valence-corrected chi connectivity index (χ0v) is 18.9. The zero-order valence-electron chi connectivity index (χ0n) is 18.1. The average molecular weight is 456 g/mol. The van der Waals surface area contributed by atoms with E-state index < -0.39 is 5.82 Å². The highest BCUT2D eigenvalue weighted by molar-refractivity contribution is 7.99. The molecule has 0 amide bonds. The molecule has 3 N–H and O–H groups in total. The zero-order chi connectivity index (χ0) is 22.5. The largest absolute Gasteiger partial charge is 0.468 e. The fraction of sp³-hybridized carbons (Fsp3) is 0.318. The monoisotopic (exact) mass is 455 g/mol. The van der Waals surface area contributed by atoms with Crippen molar-refractivity contribution in [2.75, 3.05) is 36.6 Å². The van der Waals surface area contributed by atoms with Crippen molar-refractivity contribution >= 4 is 41.0 Å². The van der Waals surface area contributed by atoms with Gasteiger partial charge in [0, 0.05) is 59.0 Å². The molecule has 0 saturated carbocycles. The molecular weight excluding hydrogens is 429 g/mol. The summed E-state index contributed by atoms with van der Waals surface area (Å²) in [6, 6.07) is 7.07. The van der Waals surface area contributed by atoms with Crippen LogP contribution in [0.25, 0.3) is 10.9 Å². The summed E-state index contributed by atoms with van der Waals surface area (Å²) in [5.41, 5.74) is 2.57. The van der Waals surface area contributed by atoms with E-state index in [1.165, 1.54) is 0 Å². The molecule has 0 bridgehead atoms. The molecule has 0 radical (unpaired) electrons. The van der Waals surface area contributed by atoms with Crippen molar-refractivity contribution in [3.8, 4) is 5.75 Å². The molecule has 1 saturated heterocycles. The summed E-state index contributed by atoms with van der Waals surface area (Å²) in [7, 11) is 0. The number of aromatic amines is 2. The molecule has 1 fully saturated rings. The number of anilines is 1. The SMILES string of the molecule is C=N/C(=C\C(=N/COc1ccc2[nH]c(C)cc2c1F)N1CCSCC1)Nc1cc(C)[nH]n1. The molecule has 0 unspecified atom stereocenters. The van der Waals surface area contributed by atoms with Crippen molar-refractivity contribution in [2.45, 2.75) is 13.8 Å². The van der Waals surface area contributed by atoms with Gasteiger partial charge in [0.15, 0.2) is 24.1 Å². The van der Waals surface area contributed by atoms with Crippen LogP contribution in [-0.4, -0.2) is 64.0 Å². The van der Waals surface area contributed by atoms with Crippen molar-refractivity contribution < 1.29 is 9.13 Å². The second-order valence-electron chi connectivity index (χ2n) is 7.43. The first-order valence-electron chi connectivity index (χ1n) is 10.3. The molecule has 32 heavy (non-hydrogen) atoms. The van der Waals surface area contributed by atoms with Gasteiger partial charge in [0.05, 0.1) is 0 Å². The van der Waals surface area contributed by atoms with Crippen LogP contribution in [0.5, 0.6) is 5.75 Å². The van der Waals surface area contributed by atoms with Crippen LogP contribution < -0.4 is 10.1 Å². The number of fused-ring (bicyclic) bond motifs is 1. The first kappa shape index (κ1) is 21.9. The van der Waals surface area contributed by atoms with Crippen molar-refractivity contribution in [3.63, 3.8) is 0 Å². The third kappa shape index (κ3) is 5.13. The van der Waals surface area contributed by atoms with Crippen molar-refractivity contribution in [3.05, 3.63) is 53.4 Å². The number of aromatic nitrogens is 3. The number of halogens is 1. The summed E-state index contributed by atoms with van der Waals surface area (Å²) in [5, 5.41) is 10.7. The van der Waals surface area contributed by atoms with Crippen LogP contribution in [0, 0.1) is 19.7 Å². The highest BCUT2D eigenvalue weighted by Gasteiger charge is 2.15. The van der Waals surface area contributed by atoms with Crippen molar-refractivity contribution in [1.29, 1.82) is 0 Å². The van der Waals surface area contributed by atoms with Crippen LogP contribution in [0.3, 0.4) is 0 Å². The third-order valence-electron chi connectivity index (χ3n) is 5.02. The molecule has 0 atom stereocenters. The van der Waals surface area contributed by atoms with Crippen LogP contribution in [0.1, 0.15) is 11.4 Å². The van der Waals surface area contributed by atoms with Crippen LogP contribution in [0.2, 0.25) is 0 Å². The smallest absolute Gasteiger partial charge is 0.181 e. The molecule has 10 heteroatoms. The molecule has 0 spiro atoms. The maximum Gasteiger partial charge on any atom is 0.181 e. The number of nitrogens with zero attached hydrogens (tertiary/aromatic N) is 4. The van der Waals surface area contributed by atoms with E-state index in [-0.39, 0.29) is 12.5 Å². The topological polar surface area (TPSA) is 93.7 Å². The molecule has 168 valence electrons. The minimum absolute atomic E-state index is 0.0206. The maximum absolute atomic E-state index is 14.8. The molecule has 0 aliphatic carbocycles. The number of aryl methyl sites for hydroxylation is 2. The predicted molar refractivity (Wildman–Crippen MR) is 129 cm³/mol. The highest BCUT2D eigenvalue weighted by atomic mass is 32.2. The number of hydrogen-bond donors (Lipinski definition) is 3. The first-order chi connectivity index (χ1) is 15.5. The second-order valence-corrected chi connectivity index (χ2v) is 8.65. The fourth-order valence-electron chi connectivity index (χ4n) is 3.45. The van der Waals surface area contributed by atoms with Crippen LogP contribution in [0.15, 0.2) is 46.1 Å². The molecule has 1 aromatic carbocycles. The number of thioether (sulfide) groups is 1. The highest BCUT2D eigenvalue weighted by Crippen LogP contribution is 2.27. The Morgan fingerprint density at radius 1 is 1.31 bits per heavy atom. The van der Waals surface area contributed by atoms with E-state index in [1.807, 2.05) is 43.8 Å². The molecule has 8 nitrogen and oxygen atoms in total. The van der Waals surface area contributed by atoms with E-state index in [0.717, 1.165) is 41.5 Å². The lowest BCUT2D eigenvalue weighted by Gasteiger charge is -2.28. The molecule has 1 aliphatic rings. The summed E-state index contributed by atoms with van der Waals surface area (Å²) in [6.45, 7) is 9.16. The minimum Gasteiger partial charge on any atom is -0.468 e. The Morgan fingerprint density at radius 3 is 2.84 bits per heavy atom. The van der Waals surface area contributed by atoms with Gasteiger partial charge in [-0.3, -0.25) is 5.10 Å². The van der Waals surface area contributed by atoms with E-state index in [9.17, 15) is 4.39 Å². The molecule has 2 aromatic heterocycles. The van der Waals surface area contributed by atoms with Crippen LogP contribution in [-0.2, 0) is 0 Å². The van der Waals surface area contributed by atoms with Crippen LogP contribution >= 0.6 is 11.8 Å². The maximum atomic E-state index is 14.8. The van der Waals surface area contributed by atoms with Crippen molar-refractivity contribution in [1.82, 2.24) is 20.1 Å². The quantitative estimate of drug-likeness (QED) is 0.369. The van der Waals surface area contributed by atoms with Gasteiger partial charge in [-0.05, 0) is 38.8 Å². The average Bonchev–Trinajstić information content (AvgIpc) is 3.39. The molecule has 4 rings (SSSR count). The van der Waals surface area contributed by atoms with Gasteiger partial charge in [-0.2, -0.15) is 16.9 Å². The predicted octanol–water partition coefficient (Wildman–Crippen LogP) is 4.08. The number of benzene rings is 1. The second kappa shape index (κ2) is 9.90. The van der Waals surface area contributed by atoms with Gasteiger partial charge in [-0.25, -0.2) is 14.4 Å². The van der Waals surface area contributed by atoms with E-state index >= 15 is 0 Å². The summed E-state index contributed by atoms with van der Waals surface area (Å²) >= 11 is 1.91. The van der Waals surface area contributed by atoms with Crippen molar-refractivity contribution in [2.24, 2.45) is 9.98 Å². The number of hydrogen-bond acceptors (Lipinski definition) is 6. The number of aliphatic imine (C=N–C) groups is 2. The molecule has 1 aliphatic heterocycles. The van der Waals surface area contributed by atoms with Gasteiger partial charge in [0.2, 0.25) is 0 Å². The lowest BCUT2D eigenvalue weighted by atomic mass is 10.2. The van der Waals surface area contributed by atoms with E-state index in [1.54, 1.807) is 12.1 Å². The number of nitrogens with one attached hydrogen (secondary N) is 3. The van der Waals surface area contributed by atoms with E-state index in [4.69, 9.17) is 4.74 Å². The normalized spacial score (nSPS) is 15.3. The Labute approximate surface area is 190 Å². The number of rotatable bonds is 7. The summed E-state index contributed by atoms with van der Waals surface area (Å²) in [6.07, 6.45) is 1.81. The standard InChI is InChI=1S/C22H26FN7OS/c1-14-10-16-17(26-14)4-5-18(22(16)23)31-13-25-21(30-6-8-32-9-7-30)12-19(24-3)27-20-11-15(2)28-29-20/h4-5,10-12,26H,3,6-9,13H2,1-2H3,(H2,27,28,29)/b19-12+,25-21+. The van der Waals surface area contributed by atoms with Gasteiger partial charge in [-0.15, -0.1) is 0 Å². The Bertz CT molecular complexity index is 1160. The third-order valence-corrected chi connectivity index (χ3v) is 5.96. The van der Waals surface area contributed by atoms with E-state index in [2.05, 4.69) is 42.1 Å². The summed E-state index contributed by atoms with van der Waals surface area (Å²) in [4.78, 5) is 14.0. The molecular formula is C22H26FN7OS. The Morgan fingerprint density at radius 2 is 2.12 bits per heavy atom.